The molecule has 3 aromatic rings. The van der Waals surface area contributed by atoms with E-state index in [1.807, 2.05) is 17.5 Å². The van der Waals surface area contributed by atoms with E-state index in [0.717, 1.165) is 11.4 Å². The van der Waals surface area contributed by atoms with Gasteiger partial charge >= 0.3 is 0 Å². The molecule has 0 N–H and O–H groups in total. The number of likely N-dealkylation sites (tertiary alicyclic amines) is 1. The Morgan fingerprint density at radius 2 is 2.32 bits per heavy atom. The smallest absolute Gasteiger partial charge is 0.241 e. The predicted octanol–water partition coefficient (Wildman–Crippen LogP) is 3.47. The number of aryl methyl sites for hydroxylation is 1. The van der Waals surface area contributed by atoms with E-state index >= 15 is 0 Å². The summed E-state index contributed by atoms with van der Waals surface area (Å²) >= 11 is 1.63. The molecule has 0 unspecified atom stereocenters. The molecule has 0 spiro atoms. The second kappa shape index (κ2) is 5.70. The van der Waals surface area contributed by atoms with Crippen molar-refractivity contribution in [2.75, 3.05) is 6.54 Å². The van der Waals surface area contributed by atoms with Crippen LogP contribution in [0.15, 0.2) is 40.4 Å². The van der Waals surface area contributed by atoms with Crippen molar-refractivity contribution >= 4 is 11.3 Å². The summed E-state index contributed by atoms with van der Waals surface area (Å²) in [7, 11) is 2.10. The van der Waals surface area contributed by atoms with E-state index in [1.54, 1.807) is 11.3 Å². The number of hydrogen-bond donors (Lipinski definition) is 0. The van der Waals surface area contributed by atoms with Crippen LogP contribution in [0, 0.1) is 0 Å². The van der Waals surface area contributed by atoms with E-state index in [0.29, 0.717) is 24.3 Å². The first-order valence-corrected chi connectivity index (χ1v) is 8.41. The summed E-state index contributed by atoms with van der Waals surface area (Å²) in [6, 6.07) is 8.77. The fourth-order valence-electron chi connectivity index (χ4n) is 3.17. The molecule has 0 amide bonds. The van der Waals surface area contributed by atoms with Crippen LogP contribution in [0.4, 0.5) is 0 Å². The van der Waals surface area contributed by atoms with Crippen molar-refractivity contribution in [2.45, 2.75) is 25.4 Å². The number of rotatable bonds is 4. The Hall–Kier alpha value is -1.92. The maximum absolute atomic E-state index is 5.44. The molecule has 0 aliphatic carbocycles. The first-order chi connectivity index (χ1) is 10.8. The second-order valence-electron chi connectivity index (χ2n) is 5.66. The van der Waals surface area contributed by atoms with Crippen molar-refractivity contribution in [3.63, 3.8) is 0 Å². The van der Waals surface area contributed by atoms with Gasteiger partial charge in [0.1, 0.15) is 0 Å². The molecule has 0 saturated carbocycles. The van der Waals surface area contributed by atoms with Gasteiger partial charge in [0.15, 0.2) is 0 Å². The average Bonchev–Trinajstić information content (AvgIpc) is 3.25. The average molecular weight is 314 g/mol. The Bertz CT molecular complexity index is 746. The number of thiophene rings is 1. The number of nitrogens with zero attached hydrogens (tertiary/aromatic N) is 4. The van der Waals surface area contributed by atoms with Crippen LogP contribution in [-0.4, -0.2) is 26.2 Å². The fourth-order valence-corrected chi connectivity index (χ4v) is 3.82. The Labute approximate surface area is 133 Å². The Kier molecular flexibility index (Phi) is 3.56. The molecule has 4 rings (SSSR count). The van der Waals surface area contributed by atoms with Crippen LogP contribution in [0.1, 0.15) is 30.5 Å². The zero-order chi connectivity index (χ0) is 14.9. The molecule has 4 heterocycles. The lowest BCUT2D eigenvalue weighted by Gasteiger charge is -2.23. The van der Waals surface area contributed by atoms with Crippen LogP contribution in [0.3, 0.4) is 0 Å². The highest BCUT2D eigenvalue weighted by molar-refractivity contribution is 7.13. The molecule has 114 valence electrons. The number of hydrogen-bond acceptors (Lipinski definition) is 5. The van der Waals surface area contributed by atoms with Gasteiger partial charge in [0, 0.05) is 18.9 Å². The van der Waals surface area contributed by atoms with Gasteiger partial charge in [-0.15, -0.1) is 11.3 Å². The third kappa shape index (κ3) is 2.48. The van der Waals surface area contributed by atoms with Gasteiger partial charge in [0.2, 0.25) is 11.7 Å². The van der Waals surface area contributed by atoms with Crippen LogP contribution in [0.25, 0.3) is 10.7 Å². The minimum atomic E-state index is 0.442. The molecule has 1 aliphatic heterocycles. The largest absolute Gasteiger partial charge is 0.353 e. The Balaban J connectivity index is 1.52. The van der Waals surface area contributed by atoms with Gasteiger partial charge < -0.3 is 9.09 Å². The van der Waals surface area contributed by atoms with Gasteiger partial charge in [-0.2, -0.15) is 4.98 Å². The molecule has 0 aromatic carbocycles. The van der Waals surface area contributed by atoms with Crippen LogP contribution >= 0.6 is 11.3 Å². The third-order valence-corrected chi connectivity index (χ3v) is 5.10. The van der Waals surface area contributed by atoms with Crippen LogP contribution in [0.5, 0.6) is 0 Å². The molecule has 0 bridgehead atoms. The maximum atomic E-state index is 5.44. The van der Waals surface area contributed by atoms with Crippen molar-refractivity contribution < 1.29 is 4.52 Å². The zero-order valence-electron chi connectivity index (χ0n) is 12.5. The van der Waals surface area contributed by atoms with Crippen molar-refractivity contribution in [1.29, 1.82) is 0 Å². The summed E-state index contributed by atoms with van der Waals surface area (Å²) in [6.45, 7) is 1.79. The monoisotopic (exact) mass is 314 g/mol. The third-order valence-electron chi connectivity index (χ3n) is 4.24. The van der Waals surface area contributed by atoms with Gasteiger partial charge in [-0.05, 0) is 43.0 Å². The van der Waals surface area contributed by atoms with E-state index in [4.69, 9.17) is 4.52 Å². The summed E-state index contributed by atoms with van der Waals surface area (Å²) in [5, 5.41) is 6.12. The molecule has 1 fully saturated rings. The summed E-state index contributed by atoms with van der Waals surface area (Å²) in [6.07, 6.45) is 4.50. The van der Waals surface area contributed by atoms with Crippen LogP contribution < -0.4 is 0 Å². The SMILES string of the molecule is Cn1cccc1[C@H]1CCCN1Cc1nc(-c2cccs2)no1. The van der Waals surface area contributed by atoms with Crippen molar-refractivity contribution in [3.8, 4) is 10.7 Å². The predicted molar refractivity (Wildman–Crippen MR) is 85.4 cm³/mol. The van der Waals surface area contributed by atoms with Crippen LogP contribution in [-0.2, 0) is 13.6 Å². The lowest BCUT2D eigenvalue weighted by atomic mass is 10.1. The minimum Gasteiger partial charge on any atom is -0.353 e. The Morgan fingerprint density at radius 3 is 3.09 bits per heavy atom. The van der Waals surface area contributed by atoms with Crippen molar-refractivity contribution in [1.82, 2.24) is 19.6 Å². The lowest BCUT2D eigenvalue weighted by molar-refractivity contribution is 0.207. The molecule has 1 atom stereocenters. The van der Waals surface area contributed by atoms with Crippen molar-refractivity contribution in [2.24, 2.45) is 7.05 Å². The number of aromatic nitrogens is 3. The molecule has 1 aliphatic rings. The van der Waals surface area contributed by atoms with E-state index in [1.165, 1.54) is 18.5 Å². The lowest BCUT2D eigenvalue weighted by Crippen LogP contribution is -2.24. The topological polar surface area (TPSA) is 47.1 Å². The molecule has 0 radical (unpaired) electrons. The first kappa shape index (κ1) is 13.7. The van der Waals surface area contributed by atoms with Crippen molar-refractivity contribution in [3.05, 3.63) is 47.4 Å². The standard InChI is InChI=1S/C16H18N4OS/c1-19-8-2-5-12(19)13-6-3-9-20(13)11-15-17-16(18-21-15)14-7-4-10-22-14/h2,4-5,7-8,10,13H,3,6,9,11H2,1H3/t13-/m1/s1. The first-order valence-electron chi connectivity index (χ1n) is 7.53. The molecule has 1 saturated heterocycles. The minimum absolute atomic E-state index is 0.442. The van der Waals surface area contributed by atoms with Gasteiger partial charge in [-0.25, -0.2) is 0 Å². The quantitative estimate of drug-likeness (QED) is 0.740. The van der Waals surface area contributed by atoms with E-state index in [2.05, 4.69) is 45.0 Å². The highest BCUT2D eigenvalue weighted by Gasteiger charge is 2.29. The van der Waals surface area contributed by atoms with Gasteiger partial charge in [-0.1, -0.05) is 11.2 Å². The summed E-state index contributed by atoms with van der Waals surface area (Å²) < 4.78 is 7.65. The van der Waals surface area contributed by atoms with Crippen LogP contribution in [0.2, 0.25) is 0 Å². The second-order valence-corrected chi connectivity index (χ2v) is 6.61. The summed E-state index contributed by atoms with van der Waals surface area (Å²) in [5.74, 6) is 1.39. The molecular weight excluding hydrogens is 296 g/mol. The van der Waals surface area contributed by atoms with Gasteiger partial charge in [0.25, 0.3) is 0 Å². The normalized spacial score (nSPS) is 19.0. The molecule has 3 aromatic heterocycles. The van der Waals surface area contributed by atoms with E-state index in [9.17, 15) is 0 Å². The molecule has 6 heteroatoms. The highest BCUT2D eigenvalue weighted by Crippen LogP contribution is 2.33. The van der Waals surface area contributed by atoms with E-state index in [-0.39, 0.29) is 0 Å². The van der Waals surface area contributed by atoms with Gasteiger partial charge in [0.05, 0.1) is 17.5 Å². The Morgan fingerprint density at radius 1 is 1.36 bits per heavy atom. The summed E-state index contributed by atoms with van der Waals surface area (Å²) in [5.41, 5.74) is 1.36. The van der Waals surface area contributed by atoms with E-state index < -0.39 is 0 Å². The molecule has 5 nitrogen and oxygen atoms in total. The van der Waals surface area contributed by atoms with Gasteiger partial charge in [-0.3, -0.25) is 4.90 Å². The highest BCUT2D eigenvalue weighted by atomic mass is 32.1. The summed E-state index contributed by atoms with van der Waals surface area (Å²) in [4.78, 5) is 8.02. The zero-order valence-corrected chi connectivity index (χ0v) is 13.3. The molecular formula is C16H18N4OS. The molecule has 22 heavy (non-hydrogen) atoms. The maximum Gasteiger partial charge on any atom is 0.241 e. The fraction of sp³-hybridized carbons (Fsp3) is 0.375.